The Morgan fingerprint density at radius 3 is 2.94 bits per heavy atom. The van der Waals surface area contributed by atoms with Gasteiger partial charge in [0.1, 0.15) is 0 Å². The van der Waals surface area contributed by atoms with Gasteiger partial charge < -0.3 is 15.8 Å². The van der Waals surface area contributed by atoms with Crippen molar-refractivity contribution >= 4 is 5.91 Å². The number of carbonyl (C=O) groups is 1. The first-order valence-corrected chi connectivity index (χ1v) is 6.47. The second-order valence-electron chi connectivity index (χ2n) is 5.19. The van der Waals surface area contributed by atoms with E-state index >= 15 is 0 Å². The van der Waals surface area contributed by atoms with Crippen LogP contribution >= 0.6 is 0 Å². The Hall–Kier alpha value is -1.39. The molecule has 1 heterocycles. The lowest BCUT2D eigenvalue weighted by Crippen LogP contribution is -2.38. The van der Waals surface area contributed by atoms with E-state index in [2.05, 4.69) is 5.32 Å². The number of fused-ring (bicyclic) bond motifs is 1. The van der Waals surface area contributed by atoms with Crippen molar-refractivity contribution in [2.45, 2.75) is 32.1 Å². The van der Waals surface area contributed by atoms with Gasteiger partial charge in [-0.15, -0.1) is 0 Å². The lowest BCUT2D eigenvalue weighted by atomic mass is 10.1. The molecule has 1 unspecified atom stereocenters. The van der Waals surface area contributed by atoms with E-state index in [1.54, 1.807) is 0 Å². The minimum absolute atomic E-state index is 0.0409. The molecular formula is C14H18N2O2. The van der Waals surface area contributed by atoms with E-state index in [1.165, 1.54) is 18.4 Å². The van der Waals surface area contributed by atoms with E-state index in [1.807, 2.05) is 18.2 Å². The molecule has 3 N–H and O–H groups in total. The number of ether oxygens (including phenoxy) is 1. The summed E-state index contributed by atoms with van der Waals surface area (Å²) in [6, 6.07) is 5.84. The van der Waals surface area contributed by atoms with Gasteiger partial charge in [0, 0.05) is 18.2 Å². The van der Waals surface area contributed by atoms with Crippen molar-refractivity contribution in [3.05, 3.63) is 34.9 Å². The van der Waals surface area contributed by atoms with Gasteiger partial charge in [0.15, 0.2) is 0 Å². The molecule has 0 aromatic heterocycles. The lowest BCUT2D eigenvalue weighted by molar-refractivity contribution is 0.0950. The standard InChI is InChI=1S/C14H18N2O2/c15-13(9-1-2-9)6-16-14(17)10-3-4-11-7-18-8-12(11)5-10/h3-5,9,13H,1-2,6-8,15H2,(H,16,17). The van der Waals surface area contributed by atoms with Gasteiger partial charge in [-0.2, -0.15) is 0 Å². The zero-order valence-corrected chi connectivity index (χ0v) is 10.3. The van der Waals surface area contributed by atoms with Crippen LogP contribution in [0.3, 0.4) is 0 Å². The fourth-order valence-electron chi connectivity index (χ4n) is 2.32. The molecule has 0 radical (unpaired) electrons. The molecule has 1 aromatic rings. The van der Waals surface area contributed by atoms with Gasteiger partial charge in [-0.25, -0.2) is 0 Å². The van der Waals surface area contributed by atoms with Gasteiger partial charge in [-0.1, -0.05) is 6.07 Å². The molecule has 18 heavy (non-hydrogen) atoms. The number of benzene rings is 1. The number of nitrogens with one attached hydrogen (secondary N) is 1. The van der Waals surface area contributed by atoms with Crippen LogP contribution in [0.5, 0.6) is 0 Å². The third-order valence-corrected chi connectivity index (χ3v) is 3.71. The highest BCUT2D eigenvalue weighted by Crippen LogP contribution is 2.31. The smallest absolute Gasteiger partial charge is 0.251 e. The number of hydrogen-bond acceptors (Lipinski definition) is 3. The molecule has 0 bridgehead atoms. The predicted octanol–water partition coefficient (Wildman–Crippen LogP) is 1.18. The SMILES string of the molecule is NC(CNC(=O)c1ccc2c(c1)COC2)C1CC1. The topological polar surface area (TPSA) is 64.3 Å². The minimum Gasteiger partial charge on any atom is -0.372 e. The molecule has 1 aliphatic heterocycles. The molecule has 4 nitrogen and oxygen atoms in total. The van der Waals surface area contributed by atoms with Crippen LogP contribution in [0.2, 0.25) is 0 Å². The molecule has 0 saturated heterocycles. The minimum atomic E-state index is -0.0409. The van der Waals surface area contributed by atoms with E-state index in [0.717, 1.165) is 5.56 Å². The highest BCUT2D eigenvalue weighted by Gasteiger charge is 2.28. The fraction of sp³-hybridized carbons (Fsp3) is 0.500. The zero-order chi connectivity index (χ0) is 12.5. The Labute approximate surface area is 107 Å². The molecule has 1 saturated carbocycles. The first kappa shape index (κ1) is 11.7. The number of nitrogens with two attached hydrogens (primary N) is 1. The Morgan fingerprint density at radius 1 is 1.39 bits per heavy atom. The summed E-state index contributed by atoms with van der Waals surface area (Å²) in [5, 5.41) is 2.91. The number of hydrogen-bond donors (Lipinski definition) is 2. The average molecular weight is 246 g/mol. The van der Waals surface area contributed by atoms with Gasteiger partial charge in [0.25, 0.3) is 5.91 Å². The van der Waals surface area contributed by atoms with Gasteiger partial charge in [0.05, 0.1) is 13.2 Å². The van der Waals surface area contributed by atoms with Crippen LogP contribution in [0.4, 0.5) is 0 Å². The van der Waals surface area contributed by atoms with Crippen LogP contribution in [0.15, 0.2) is 18.2 Å². The molecule has 2 aliphatic rings. The van der Waals surface area contributed by atoms with Crippen molar-refractivity contribution in [3.8, 4) is 0 Å². The predicted molar refractivity (Wildman–Crippen MR) is 68.0 cm³/mol. The maximum absolute atomic E-state index is 12.0. The zero-order valence-electron chi connectivity index (χ0n) is 10.3. The quantitative estimate of drug-likeness (QED) is 0.838. The summed E-state index contributed by atoms with van der Waals surface area (Å²) >= 11 is 0. The lowest BCUT2D eigenvalue weighted by Gasteiger charge is -2.12. The molecule has 1 fully saturated rings. The van der Waals surface area contributed by atoms with Crippen molar-refractivity contribution < 1.29 is 9.53 Å². The van der Waals surface area contributed by atoms with Crippen molar-refractivity contribution in [3.63, 3.8) is 0 Å². The van der Waals surface area contributed by atoms with Gasteiger partial charge in [0.2, 0.25) is 0 Å². The molecule has 0 spiro atoms. The highest BCUT2D eigenvalue weighted by atomic mass is 16.5. The third kappa shape index (κ3) is 2.40. The molecule has 1 aliphatic carbocycles. The molecule has 96 valence electrons. The van der Waals surface area contributed by atoms with E-state index < -0.39 is 0 Å². The summed E-state index contributed by atoms with van der Waals surface area (Å²) in [5.41, 5.74) is 8.96. The summed E-state index contributed by atoms with van der Waals surface area (Å²) in [6.07, 6.45) is 2.40. The van der Waals surface area contributed by atoms with Crippen LogP contribution < -0.4 is 11.1 Å². The van der Waals surface area contributed by atoms with Crippen molar-refractivity contribution in [1.82, 2.24) is 5.32 Å². The second-order valence-corrected chi connectivity index (χ2v) is 5.19. The Balaban J connectivity index is 1.61. The Morgan fingerprint density at radius 2 is 2.17 bits per heavy atom. The first-order chi connectivity index (χ1) is 8.74. The molecule has 1 aromatic carbocycles. The van der Waals surface area contributed by atoms with Gasteiger partial charge in [-0.3, -0.25) is 4.79 Å². The first-order valence-electron chi connectivity index (χ1n) is 6.47. The molecule has 1 amide bonds. The summed E-state index contributed by atoms with van der Waals surface area (Å²) in [6.45, 7) is 1.83. The number of amides is 1. The normalized spacial score (nSPS) is 19.4. The summed E-state index contributed by atoms with van der Waals surface area (Å²) in [5.74, 6) is 0.569. The Bertz CT molecular complexity index is 469. The van der Waals surface area contributed by atoms with E-state index in [-0.39, 0.29) is 11.9 Å². The largest absolute Gasteiger partial charge is 0.372 e. The third-order valence-electron chi connectivity index (χ3n) is 3.71. The van der Waals surface area contributed by atoms with Crippen LogP contribution in [0.25, 0.3) is 0 Å². The molecule has 1 atom stereocenters. The second kappa shape index (κ2) is 4.71. The van der Waals surface area contributed by atoms with Crippen LogP contribution in [-0.4, -0.2) is 18.5 Å². The molecular weight excluding hydrogens is 228 g/mol. The van der Waals surface area contributed by atoms with E-state index in [4.69, 9.17) is 10.5 Å². The van der Waals surface area contributed by atoms with E-state index in [9.17, 15) is 4.79 Å². The van der Waals surface area contributed by atoms with Crippen LogP contribution in [0.1, 0.15) is 34.3 Å². The number of carbonyl (C=O) groups excluding carboxylic acids is 1. The fourth-order valence-corrected chi connectivity index (χ4v) is 2.32. The molecule has 3 rings (SSSR count). The van der Waals surface area contributed by atoms with Crippen molar-refractivity contribution in [2.24, 2.45) is 11.7 Å². The summed E-state index contributed by atoms with van der Waals surface area (Å²) < 4.78 is 5.34. The Kier molecular flexibility index (Phi) is 3.06. The van der Waals surface area contributed by atoms with Crippen LogP contribution in [-0.2, 0) is 18.0 Å². The highest BCUT2D eigenvalue weighted by molar-refractivity contribution is 5.94. The van der Waals surface area contributed by atoms with Crippen molar-refractivity contribution in [1.29, 1.82) is 0 Å². The maximum atomic E-state index is 12.0. The summed E-state index contributed by atoms with van der Waals surface area (Å²) in [4.78, 5) is 12.0. The summed E-state index contributed by atoms with van der Waals surface area (Å²) in [7, 11) is 0. The van der Waals surface area contributed by atoms with Gasteiger partial charge in [-0.05, 0) is 42.0 Å². The van der Waals surface area contributed by atoms with Gasteiger partial charge >= 0.3 is 0 Å². The number of rotatable bonds is 4. The van der Waals surface area contributed by atoms with Crippen molar-refractivity contribution in [2.75, 3.05) is 6.54 Å². The monoisotopic (exact) mass is 246 g/mol. The molecule has 4 heteroatoms. The maximum Gasteiger partial charge on any atom is 0.251 e. The average Bonchev–Trinajstić information content (AvgIpc) is 3.13. The van der Waals surface area contributed by atoms with Crippen LogP contribution in [0, 0.1) is 5.92 Å². The van der Waals surface area contributed by atoms with E-state index in [0.29, 0.717) is 31.2 Å².